The van der Waals surface area contributed by atoms with Crippen molar-refractivity contribution in [1.82, 2.24) is 5.32 Å². The van der Waals surface area contributed by atoms with Crippen molar-refractivity contribution in [2.75, 3.05) is 6.61 Å². The Balaban J connectivity index is 1.94. The van der Waals surface area contributed by atoms with Crippen molar-refractivity contribution in [2.45, 2.75) is 101 Å². The molecular weight excluding hydrogens is 642 g/mol. The first-order valence-corrected chi connectivity index (χ1v) is 13.5. The van der Waals surface area contributed by atoms with Gasteiger partial charge in [-0.05, 0) is 55.9 Å². The number of amides is 1. The molecule has 45 heavy (non-hydrogen) atoms. The number of benzene rings is 1. The Morgan fingerprint density at radius 2 is 1.40 bits per heavy atom. The second-order valence-electron chi connectivity index (χ2n) is 11.2. The Kier molecular flexibility index (Phi) is 11.6. The first kappa shape index (κ1) is 38.0. The number of rotatable bonds is 14. The van der Waals surface area contributed by atoms with E-state index in [-0.39, 0.29) is 17.5 Å². The number of alkyl halides is 12. The van der Waals surface area contributed by atoms with Crippen molar-refractivity contribution in [1.29, 1.82) is 0 Å². The summed E-state index contributed by atoms with van der Waals surface area (Å²) in [5.41, 5.74) is -0.305. The molecule has 1 aliphatic rings. The van der Waals surface area contributed by atoms with E-state index in [1.165, 1.54) is 6.08 Å². The molecule has 0 saturated heterocycles. The maximum Gasteiger partial charge on any atom is 0.384 e. The maximum atomic E-state index is 13.9. The number of hydrogen-bond donors (Lipinski definition) is 1. The summed E-state index contributed by atoms with van der Waals surface area (Å²) >= 11 is 0. The zero-order valence-corrected chi connectivity index (χ0v) is 24.1. The molecule has 17 heteroatoms. The van der Waals surface area contributed by atoms with E-state index in [1.807, 2.05) is 20.8 Å². The third-order valence-electron chi connectivity index (χ3n) is 7.44. The Hall–Kier alpha value is -3.14. The molecule has 1 aromatic carbocycles. The molecule has 0 unspecified atom stereocenters. The molecule has 0 heterocycles. The quantitative estimate of drug-likeness (QED) is 0.124. The Morgan fingerprint density at radius 3 is 1.89 bits per heavy atom. The molecule has 5 nitrogen and oxygen atoms in total. The van der Waals surface area contributed by atoms with Gasteiger partial charge in [-0.1, -0.05) is 32.9 Å². The van der Waals surface area contributed by atoms with Crippen molar-refractivity contribution in [3.63, 3.8) is 0 Å². The van der Waals surface area contributed by atoms with Crippen molar-refractivity contribution < 1.29 is 71.7 Å². The molecule has 0 spiro atoms. The predicted octanol–water partition coefficient (Wildman–Crippen LogP) is 7.93. The predicted molar refractivity (Wildman–Crippen MR) is 136 cm³/mol. The van der Waals surface area contributed by atoms with Gasteiger partial charge in [0.1, 0.15) is 11.9 Å². The maximum absolute atomic E-state index is 13.9. The second kappa shape index (κ2) is 13.7. The normalized spacial score (nSPS) is 19.1. The fraction of sp³-hybridized carbons (Fsp3) is 0.643. The van der Waals surface area contributed by atoms with Crippen LogP contribution in [0, 0.1) is 5.41 Å². The van der Waals surface area contributed by atoms with Crippen LogP contribution in [-0.2, 0) is 14.3 Å². The van der Waals surface area contributed by atoms with Crippen LogP contribution in [0.4, 0.5) is 52.7 Å². The summed E-state index contributed by atoms with van der Waals surface area (Å²) in [5, 5.41) is 2.98. The first-order chi connectivity index (χ1) is 20.4. The largest absolute Gasteiger partial charge is 0.487 e. The number of esters is 1. The number of nitrogens with one attached hydrogen (secondary N) is 1. The molecule has 1 aliphatic carbocycles. The fourth-order valence-electron chi connectivity index (χ4n) is 3.95. The second-order valence-corrected chi connectivity index (χ2v) is 11.2. The van der Waals surface area contributed by atoms with Gasteiger partial charge in [-0.2, -0.15) is 43.9 Å². The van der Waals surface area contributed by atoms with Crippen molar-refractivity contribution in [2.24, 2.45) is 5.41 Å². The Labute approximate surface area is 250 Å². The molecule has 2 rings (SSSR count). The Morgan fingerprint density at radius 1 is 0.867 bits per heavy atom. The molecule has 0 bridgehead atoms. The standard InChI is InChI=1S/C28H31F12NO4/c1-4-23(2,3)22(43)41-17-8-12-19(13-9-17)45-20(42)14-7-16-5-10-18(11-6-16)44-15-24(31,32)26(35,36)28(39,40)27(37,38)25(33,34)21(29)30/h5-7,10-11,14,17,19,21H,4,8-9,12-13,15H2,1-3H3,(H,41,43)/b14-7+. The van der Waals surface area contributed by atoms with E-state index in [1.54, 1.807) is 0 Å². The van der Waals surface area contributed by atoms with Crippen LogP contribution >= 0.6 is 0 Å². The third-order valence-corrected chi connectivity index (χ3v) is 7.44. The topological polar surface area (TPSA) is 64.6 Å². The van der Waals surface area contributed by atoms with Crippen LogP contribution in [0.15, 0.2) is 30.3 Å². The van der Waals surface area contributed by atoms with Crippen LogP contribution in [0.3, 0.4) is 0 Å². The van der Waals surface area contributed by atoms with Gasteiger partial charge in [0, 0.05) is 17.5 Å². The minimum atomic E-state index is -7.63. The lowest BCUT2D eigenvalue weighted by molar-refractivity contribution is -0.414. The monoisotopic (exact) mass is 673 g/mol. The summed E-state index contributed by atoms with van der Waals surface area (Å²) < 4.78 is 169. The number of hydrogen-bond acceptors (Lipinski definition) is 4. The summed E-state index contributed by atoms with van der Waals surface area (Å²) in [7, 11) is 0. The van der Waals surface area contributed by atoms with Gasteiger partial charge >= 0.3 is 42.0 Å². The van der Waals surface area contributed by atoms with E-state index < -0.39 is 65.9 Å². The van der Waals surface area contributed by atoms with Gasteiger partial charge in [-0.15, -0.1) is 0 Å². The highest BCUT2D eigenvalue weighted by atomic mass is 19.4. The van der Waals surface area contributed by atoms with Crippen LogP contribution in [0.1, 0.15) is 58.4 Å². The van der Waals surface area contributed by atoms with Gasteiger partial charge in [0.05, 0.1) is 0 Å². The van der Waals surface area contributed by atoms with Crippen LogP contribution in [-0.4, -0.2) is 66.7 Å². The van der Waals surface area contributed by atoms with Crippen molar-refractivity contribution in [3.05, 3.63) is 35.9 Å². The molecule has 0 radical (unpaired) electrons. The van der Waals surface area contributed by atoms with Crippen LogP contribution in [0.5, 0.6) is 5.75 Å². The van der Waals surface area contributed by atoms with Gasteiger partial charge in [-0.3, -0.25) is 4.79 Å². The zero-order valence-electron chi connectivity index (χ0n) is 24.1. The number of carbonyl (C=O) groups excluding carboxylic acids is 2. The molecule has 1 amide bonds. The summed E-state index contributed by atoms with van der Waals surface area (Å²) in [6.45, 7) is 2.83. The lowest BCUT2D eigenvalue weighted by atomic mass is 9.87. The average molecular weight is 674 g/mol. The summed E-state index contributed by atoms with van der Waals surface area (Å²) in [5.74, 6) is -37.3. The lowest BCUT2D eigenvalue weighted by Gasteiger charge is -2.39. The lowest BCUT2D eigenvalue weighted by Crippen LogP contribution is -2.69. The van der Waals surface area contributed by atoms with Gasteiger partial charge < -0.3 is 14.8 Å². The number of carbonyl (C=O) groups is 2. The summed E-state index contributed by atoms with van der Waals surface area (Å²) in [4.78, 5) is 24.5. The summed E-state index contributed by atoms with van der Waals surface area (Å²) in [6.07, 6.45) is -0.961. The van der Waals surface area contributed by atoms with Gasteiger partial charge in [0.2, 0.25) is 5.91 Å². The first-order valence-electron chi connectivity index (χ1n) is 13.5. The van der Waals surface area contributed by atoms with E-state index in [0.29, 0.717) is 32.1 Å². The SMILES string of the molecule is CCC(C)(C)C(=O)NC1CCC(OC(=O)/C=C/c2ccc(OCC(F)(F)C(F)(F)C(F)(F)C(F)(F)C(F)(F)C(F)F)cc2)CC1. The molecule has 1 N–H and O–H groups in total. The van der Waals surface area contributed by atoms with E-state index in [2.05, 4.69) is 10.1 Å². The van der Waals surface area contributed by atoms with Gasteiger partial charge in [0.15, 0.2) is 6.61 Å². The van der Waals surface area contributed by atoms with Crippen LogP contribution < -0.4 is 10.1 Å². The Bertz CT molecular complexity index is 1190. The highest BCUT2D eigenvalue weighted by Crippen LogP contribution is 2.58. The fourth-order valence-corrected chi connectivity index (χ4v) is 3.95. The smallest absolute Gasteiger partial charge is 0.384 e. The van der Waals surface area contributed by atoms with Crippen LogP contribution in [0.2, 0.25) is 0 Å². The molecular formula is C28H31F12NO4. The van der Waals surface area contributed by atoms with E-state index >= 15 is 0 Å². The molecule has 1 saturated carbocycles. The number of ether oxygens (including phenoxy) is 2. The van der Waals surface area contributed by atoms with E-state index in [9.17, 15) is 62.3 Å². The highest BCUT2D eigenvalue weighted by Gasteiger charge is 2.87. The van der Waals surface area contributed by atoms with Crippen molar-refractivity contribution in [3.8, 4) is 5.75 Å². The van der Waals surface area contributed by atoms with E-state index in [0.717, 1.165) is 30.3 Å². The minimum Gasteiger partial charge on any atom is -0.487 e. The van der Waals surface area contributed by atoms with Gasteiger partial charge in [-0.25, -0.2) is 13.6 Å². The van der Waals surface area contributed by atoms with E-state index in [4.69, 9.17) is 4.74 Å². The molecule has 1 aromatic rings. The minimum absolute atomic E-state index is 0.0617. The molecule has 0 atom stereocenters. The zero-order chi connectivity index (χ0) is 34.6. The molecule has 256 valence electrons. The van der Waals surface area contributed by atoms with Crippen molar-refractivity contribution >= 4 is 18.0 Å². The summed E-state index contributed by atoms with van der Waals surface area (Å²) in [6, 6.07) is 3.80. The van der Waals surface area contributed by atoms with Crippen LogP contribution in [0.25, 0.3) is 6.08 Å². The number of halogens is 12. The highest BCUT2D eigenvalue weighted by molar-refractivity contribution is 5.87. The third kappa shape index (κ3) is 8.18. The molecule has 1 fully saturated rings. The molecule has 0 aliphatic heterocycles. The van der Waals surface area contributed by atoms with Gasteiger partial charge in [0.25, 0.3) is 0 Å². The molecule has 0 aromatic heterocycles. The average Bonchev–Trinajstić information content (AvgIpc) is 2.96.